The Morgan fingerprint density at radius 1 is 1.26 bits per heavy atom. The van der Waals surface area contributed by atoms with E-state index in [2.05, 4.69) is 9.71 Å². The van der Waals surface area contributed by atoms with E-state index in [4.69, 9.17) is 4.42 Å². The number of nitrogens with one attached hydrogen (secondary N) is 1. The van der Waals surface area contributed by atoms with Gasteiger partial charge >= 0.3 is 0 Å². The zero-order chi connectivity index (χ0) is 13.9. The van der Waals surface area contributed by atoms with Crippen LogP contribution in [-0.4, -0.2) is 19.2 Å². The zero-order valence-corrected chi connectivity index (χ0v) is 11.7. The van der Waals surface area contributed by atoms with E-state index in [0.717, 1.165) is 11.3 Å². The summed E-state index contributed by atoms with van der Waals surface area (Å²) in [6, 6.07) is 9.64. The fourth-order valence-electron chi connectivity index (χ4n) is 1.66. The number of nitrogens with zero attached hydrogens (tertiary/aromatic N) is 1. The predicted molar refractivity (Wildman–Crippen MR) is 73.0 cm³/mol. The molecule has 0 fully saturated rings. The average Bonchev–Trinajstić information content (AvgIpc) is 2.79. The topological polar surface area (TPSA) is 72.2 Å². The lowest BCUT2D eigenvalue weighted by atomic mass is 10.1. The zero-order valence-electron chi connectivity index (χ0n) is 10.9. The molecule has 1 N–H and O–H groups in total. The van der Waals surface area contributed by atoms with Crippen LogP contribution in [0.1, 0.15) is 18.6 Å². The smallest absolute Gasteiger partial charge is 0.211 e. The Balaban J connectivity index is 2.18. The number of rotatable bonds is 5. The number of benzene rings is 1. The summed E-state index contributed by atoms with van der Waals surface area (Å²) in [6.07, 6.45) is 0. The second kappa shape index (κ2) is 5.54. The summed E-state index contributed by atoms with van der Waals surface area (Å²) in [7, 11) is -3.24. The molecule has 6 heteroatoms. The van der Waals surface area contributed by atoms with Gasteiger partial charge in [0.2, 0.25) is 15.9 Å². The molecular weight excluding hydrogens is 264 g/mol. The molecule has 0 amide bonds. The third kappa shape index (κ3) is 3.42. The van der Waals surface area contributed by atoms with Crippen LogP contribution in [0.2, 0.25) is 0 Å². The summed E-state index contributed by atoms with van der Waals surface area (Å²) < 4.78 is 30.6. The van der Waals surface area contributed by atoms with E-state index < -0.39 is 10.0 Å². The fraction of sp³-hybridized carbons (Fsp3) is 0.308. The lowest BCUT2D eigenvalue weighted by Gasteiger charge is -2.00. The van der Waals surface area contributed by atoms with Gasteiger partial charge in [-0.2, -0.15) is 0 Å². The molecule has 0 atom stereocenters. The summed E-state index contributed by atoms with van der Waals surface area (Å²) >= 11 is 0. The molecule has 1 aromatic heterocycles. The van der Waals surface area contributed by atoms with Crippen molar-refractivity contribution in [1.29, 1.82) is 0 Å². The summed E-state index contributed by atoms with van der Waals surface area (Å²) in [5.74, 6) is 1.09. The van der Waals surface area contributed by atoms with Gasteiger partial charge in [0.15, 0.2) is 0 Å². The molecule has 1 heterocycles. The standard InChI is InChI=1S/C13H16N2O3S/c1-3-19(16,17)14-9-12-15-13(10(2)18-12)11-7-5-4-6-8-11/h4-8,14H,3,9H2,1-2H3. The van der Waals surface area contributed by atoms with Crippen LogP contribution in [-0.2, 0) is 16.6 Å². The normalized spacial score (nSPS) is 11.7. The maximum atomic E-state index is 11.4. The third-order valence-electron chi connectivity index (χ3n) is 2.71. The molecule has 0 saturated carbocycles. The van der Waals surface area contributed by atoms with Gasteiger partial charge in [0.1, 0.15) is 11.5 Å². The number of sulfonamides is 1. The van der Waals surface area contributed by atoms with Crippen molar-refractivity contribution in [2.75, 3.05) is 5.75 Å². The predicted octanol–water partition coefficient (Wildman–Crippen LogP) is 2.09. The van der Waals surface area contributed by atoms with Crippen molar-refractivity contribution in [3.05, 3.63) is 42.0 Å². The highest BCUT2D eigenvalue weighted by Gasteiger charge is 2.13. The van der Waals surface area contributed by atoms with Gasteiger partial charge in [-0.15, -0.1) is 0 Å². The molecule has 0 aliphatic heterocycles. The number of aryl methyl sites for hydroxylation is 1. The van der Waals surface area contributed by atoms with E-state index in [0.29, 0.717) is 11.7 Å². The van der Waals surface area contributed by atoms with Crippen molar-refractivity contribution in [3.63, 3.8) is 0 Å². The maximum absolute atomic E-state index is 11.4. The molecule has 0 bridgehead atoms. The highest BCUT2D eigenvalue weighted by Crippen LogP contribution is 2.22. The maximum Gasteiger partial charge on any atom is 0.211 e. The molecule has 0 spiro atoms. The average molecular weight is 280 g/mol. The van der Waals surface area contributed by atoms with E-state index in [1.165, 1.54) is 0 Å². The Bertz CT molecular complexity index is 648. The van der Waals surface area contributed by atoms with Crippen LogP contribution >= 0.6 is 0 Å². The van der Waals surface area contributed by atoms with Crippen molar-refractivity contribution >= 4 is 10.0 Å². The fourth-order valence-corrected chi connectivity index (χ4v) is 2.21. The first kappa shape index (κ1) is 13.8. The van der Waals surface area contributed by atoms with E-state index in [9.17, 15) is 8.42 Å². The van der Waals surface area contributed by atoms with E-state index in [1.807, 2.05) is 37.3 Å². The molecule has 0 radical (unpaired) electrons. The molecule has 102 valence electrons. The third-order valence-corrected chi connectivity index (χ3v) is 4.06. The molecule has 0 aliphatic carbocycles. The SMILES string of the molecule is CCS(=O)(=O)NCc1nc(-c2ccccc2)c(C)o1. The highest BCUT2D eigenvalue weighted by atomic mass is 32.2. The molecule has 0 unspecified atom stereocenters. The summed E-state index contributed by atoms with van der Waals surface area (Å²) in [5, 5.41) is 0. The van der Waals surface area contributed by atoms with Gasteiger partial charge in [-0.25, -0.2) is 18.1 Å². The largest absolute Gasteiger partial charge is 0.444 e. The Morgan fingerprint density at radius 3 is 2.58 bits per heavy atom. The molecule has 19 heavy (non-hydrogen) atoms. The van der Waals surface area contributed by atoms with Crippen molar-refractivity contribution in [1.82, 2.24) is 9.71 Å². The molecule has 0 saturated heterocycles. The number of hydrogen-bond donors (Lipinski definition) is 1. The summed E-state index contributed by atoms with van der Waals surface area (Å²) in [5.41, 5.74) is 1.69. The Hall–Kier alpha value is -1.66. The van der Waals surface area contributed by atoms with Crippen molar-refractivity contribution in [2.45, 2.75) is 20.4 Å². The quantitative estimate of drug-likeness (QED) is 0.910. The summed E-state index contributed by atoms with van der Waals surface area (Å²) in [4.78, 5) is 4.32. The van der Waals surface area contributed by atoms with Crippen LogP contribution < -0.4 is 4.72 Å². The van der Waals surface area contributed by atoms with Gasteiger partial charge in [-0.05, 0) is 13.8 Å². The van der Waals surface area contributed by atoms with Gasteiger partial charge in [0.05, 0.1) is 12.3 Å². The van der Waals surface area contributed by atoms with Gasteiger partial charge in [-0.3, -0.25) is 0 Å². The molecular formula is C13H16N2O3S. The Labute approximate surface area is 112 Å². The van der Waals surface area contributed by atoms with Crippen LogP contribution in [0.4, 0.5) is 0 Å². The Morgan fingerprint density at radius 2 is 1.95 bits per heavy atom. The monoisotopic (exact) mass is 280 g/mol. The first-order chi connectivity index (χ1) is 9.02. The van der Waals surface area contributed by atoms with Crippen LogP contribution in [0, 0.1) is 6.92 Å². The molecule has 5 nitrogen and oxygen atoms in total. The van der Waals surface area contributed by atoms with Crippen LogP contribution in [0.25, 0.3) is 11.3 Å². The van der Waals surface area contributed by atoms with E-state index in [-0.39, 0.29) is 12.3 Å². The van der Waals surface area contributed by atoms with Gasteiger partial charge in [-0.1, -0.05) is 30.3 Å². The molecule has 0 aliphatic rings. The second-order valence-corrected chi connectivity index (χ2v) is 6.20. The van der Waals surface area contributed by atoms with E-state index in [1.54, 1.807) is 6.92 Å². The van der Waals surface area contributed by atoms with E-state index >= 15 is 0 Å². The molecule has 2 aromatic rings. The lowest BCUT2D eigenvalue weighted by Crippen LogP contribution is -2.24. The molecule has 1 aromatic carbocycles. The molecule has 2 rings (SSSR count). The Kier molecular flexibility index (Phi) is 4.01. The minimum Gasteiger partial charge on any atom is -0.444 e. The minimum absolute atomic E-state index is 0.0399. The summed E-state index contributed by atoms with van der Waals surface area (Å²) in [6.45, 7) is 3.47. The van der Waals surface area contributed by atoms with Crippen molar-refractivity contribution in [2.24, 2.45) is 0 Å². The minimum atomic E-state index is -3.24. The first-order valence-electron chi connectivity index (χ1n) is 6.01. The van der Waals surface area contributed by atoms with Gasteiger partial charge < -0.3 is 4.42 Å². The van der Waals surface area contributed by atoms with Gasteiger partial charge in [0, 0.05) is 5.56 Å². The van der Waals surface area contributed by atoms with Crippen LogP contribution in [0.3, 0.4) is 0 Å². The van der Waals surface area contributed by atoms with Gasteiger partial charge in [0.25, 0.3) is 0 Å². The first-order valence-corrected chi connectivity index (χ1v) is 7.66. The van der Waals surface area contributed by atoms with Crippen molar-refractivity contribution < 1.29 is 12.8 Å². The highest BCUT2D eigenvalue weighted by molar-refractivity contribution is 7.89. The second-order valence-electron chi connectivity index (χ2n) is 4.10. The lowest BCUT2D eigenvalue weighted by molar-refractivity contribution is 0.464. The number of hydrogen-bond acceptors (Lipinski definition) is 4. The van der Waals surface area contributed by atoms with Crippen molar-refractivity contribution in [3.8, 4) is 11.3 Å². The van der Waals surface area contributed by atoms with Crippen LogP contribution in [0.15, 0.2) is 34.7 Å². The number of aromatic nitrogens is 1. The number of oxazole rings is 1. The van der Waals surface area contributed by atoms with Crippen LogP contribution in [0.5, 0.6) is 0 Å².